The first kappa shape index (κ1) is 30.7. The van der Waals surface area contributed by atoms with Crippen LogP contribution < -0.4 is 19.7 Å². The van der Waals surface area contributed by atoms with Gasteiger partial charge in [0.15, 0.2) is 29.0 Å². The maximum Gasteiger partial charge on any atom is 0.309 e. The van der Waals surface area contributed by atoms with Gasteiger partial charge < -0.3 is 24.8 Å². The molecule has 5 rings (SSSR count). The predicted octanol–water partition coefficient (Wildman–Crippen LogP) is 6.66. The number of ether oxygens (including phenoxy) is 2. The first-order valence-corrected chi connectivity index (χ1v) is 14.5. The third-order valence-electron chi connectivity index (χ3n) is 7.39. The number of carbonyl (C=O) groups is 1. The number of carboxylic acids is 1. The second-order valence-electron chi connectivity index (χ2n) is 11.3. The van der Waals surface area contributed by atoms with Crippen LogP contribution in [0.5, 0.6) is 11.5 Å². The highest BCUT2D eigenvalue weighted by Gasteiger charge is 2.28. The minimum atomic E-state index is -1.05. The van der Waals surface area contributed by atoms with Crippen molar-refractivity contribution in [2.24, 2.45) is 5.41 Å². The number of hydrogen-bond acceptors (Lipinski definition) is 8. The monoisotopic (exact) mass is 603 g/mol. The van der Waals surface area contributed by atoms with Crippen LogP contribution in [0.2, 0.25) is 0 Å². The van der Waals surface area contributed by atoms with Crippen molar-refractivity contribution in [1.29, 1.82) is 0 Å². The molecule has 1 saturated heterocycles. The number of anilines is 3. The molecule has 9 nitrogen and oxygen atoms in total. The third kappa shape index (κ3) is 7.21. The molecule has 11 heteroatoms. The number of hydrogen-bond donors (Lipinski definition) is 2. The molecule has 1 fully saturated rings. The number of carboxylic acid groups (broad SMARTS) is 1. The lowest BCUT2D eigenvalue weighted by Gasteiger charge is -2.33. The van der Waals surface area contributed by atoms with E-state index in [1.54, 1.807) is 32.2 Å². The van der Waals surface area contributed by atoms with Gasteiger partial charge in [-0.2, -0.15) is 0 Å². The first-order chi connectivity index (χ1) is 21.1. The van der Waals surface area contributed by atoms with Gasteiger partial charge in [-0.05, 0) is 82.0 Å². The van der Waals surface area contributed by atoms with Crippen LogP contribution in [0, 0.1) is 17.0 Å². The highest BCUT2D eigenvalue weighted by atomic mass is 19.1. The van der Waals surface area contributed by atoms with Gasteiger partial charge in [-0.3, -0.25) is 9.78 Å². The Balaban J connectivity index is 1.33. The zero-order valence-electron chi connectivity index (χ0n) is 24.9. The van der Waals surface area contributed by atoms with E-state index < -0.39 is 23.0 Å². The van der Waals surface area contributed by atoms with E-state index in [9.17, 15) is 18.7 Å². The molecular weight excluding hydrogens is 568 g/mol. The van der Waals surface area contributed by atoms with Crippen LogP contribution in [0.25, 0.3) is 11.3 Å². The molecule has 2 aromatic heterocycles. The number of aliphatic carboxylic acids is 1. The van der Waals surface area contributed by atoms with Gasteiger partial charge in [-0.15, -0.1) is 0 Å². The third-order valence-corrected chi connectivity index (χ3v) is 7.39. The van der Waals surface area contributed by atoms with Crippen molar-refractivity contribution >= 4 is 23.4 Å². The zero-order chi connectivity index (χ0) is 31.3. The molecule has 0 radical (unpaired) electrons. The summed E-state index contributed by atoms with van der Waals surface area (Å²) in [6.07, 6.45) is 4.95. The minimum Gasteiger partial charge on any atom is -0.490 e. The van der Waals surface area contributed by atoms with Gasteiger partial charge in [0.2, 0.25) is 0 Å². The number of nitrogens with zero attached hydrogens (tertiary/aromatic N) is 4. The average molecular weight is 604 g/mol. The van der Waals surface area contributed by atoms with Crippen molar-refractivity contribution in [1.82, 2.24) is 15.0 Å². The van der Waals surface area contributed by atoms with Gasteiger partial charge in [-0.1, -0.05) is 18.2 Å². The maximum atomic E-state index is 14.9. The highest BCUT2D eigenvalue weighted by molar-refractivity contribution is 5.74. The lowest BCUT2D eigenvalue weighted by atomic mass is 9.85. The molecule has 230 valence electrons. The molecule has 0 saturated carbocycles. The number of benzene rings is 2. The summed E-state index contributed by atoms with van der Waals surface area (Å²) in [5.74, 6) is -0.0498. The molecule has 2 N–H and O–H groups in total. The van der Waals surface area contributed by atoms with Crippen LogP contribution in [0.3, 0.4) is 0 Å². The Morgan fingerprint density at radius 1 is 1.07 bits per heavy atom. The topological polar surface area (TPSA) is 110 Å². The molecule has 0 aliphatic carbocycles. The van der Waals surface area contributed by atoms with E-state index in [0.717, 1.165) is 19.4 Å². The number of rotatable bonds is 11. The van der Waals surface area contributed by atoms with Gasteiger partial charge in [0, 0.05) is 12.1 Å². The van der Waals surface area contributed by atoms with Crippen molar-refractivity contribution in [2.75, 3.05) is 29.9 Å². The summed E-state index contributed by atoms with van der Waals surface area (Å²) in [6, 6.07) is 14.5. The average Bonchev–Trinajstić information content (AvgIpc) is 3.00. The zero-order valence-corrected chi connectivity index (χ0v) is 24.9. The SMILES string of the molecule is CCOc1ccccc1O[C@@H]1CCCN(c2cncc(Nc3nc(-c4cc(CC(C)(C)C(=O)O)ccc4F)ccc3F)n2)C1. The van der Waals surface area contributed by atoms with Crippen molar-refractivity contribution in [2.45, 2.75) is 46.1 Å². The van der Waals surface area contributed by atoms with E-state index in [-0.39, 0.29) is 35.4 Å². The molecule has 0 amide bonds. The Hall–Kier alpha value is -4.80. The van der Waals surface area contributed by atoms with Crippen LogP contribution in [0.4, 0.5) is 26.2 Å². The fraction of sp³-hybridized carbons (Fsp3) is 0.333. The highest BCUT2D eigenvalue weighted by Crippen LogP contribution is 2.31. The Labute approximate surface area is 254 Å². The standard InChI is InChI=1S/C33H35F2N5O4/c1-4-43-27-9-5-6-10-28(27)44-22-8-7-15-40(20-22)30-19-36-18-29(38-30)39-31-25(35)13-14-26(37-31)23-16-21(11-12-24(23)34)17-33(2,3)32(41)42/h5-6,9-14,16,18-19,22H,4,7-8,15,17,20H2,1-3H3,(H,41,42)(H,37,38,39)/t22-/m1/s1. The van der Waals surface area contributed by atoms with E-state index in [1.807, 2.05) is 31.2 Å². The van der Waals surface area contributed by atoms with Crippen LogP contribution in [0.1, 0.15) is 39.2 Å². The molecule has 1 aliphatic rings. The number of para-hydroxylation sites is 2. The lowest BCUT2D eigenvalue weighted by Crippen LogP contribution is -2.41. The molecule has 0 unspecified atom stereocenters. The van der Waals surface area contributed by atoms with Crippen molar-refractivity contribution < 1.29 is 28.2 Å². The summed E-state index contributed by atoms with van der Waals surface area (Å²) in [7, 11) is 0. The number of aromatic nitrogens is 3. The molecule has 0 bridgehead atoms. The second kappa shape index (κ2) is 13.2. The molecule has 44 heavy (non-hydrogen) atoms. The summed E-state index contributed by atoms with van der Waals surface area (Å²) in [5, 5.41) is 12.4. The number of halogens is 2. The summed E-state index contributed by atoms with van der Waals surface area (Å²) >= 11 is 0. The molecule has 1 atom stereocenters. The van der Waals surface area contributed by atoms with Gasteiger partial charge in [0.25, 0.3) is 0 Å². The fourth-order valence-electron chi connectivity index (χ4n) is 5.08. The summed E-state index contributed by atoms with van der Waals surface area (Å²) in [5.41, 5.74) is -0.0974. The molecule has 0 spiro atoms. The number of nitrogens with one attached hydrogen (secondary N) is 1. The lowest BCUT2D eigenvalue weighted by molar-refractivity contribution is -0.146. The van der Waals surface area contributed by atoms with Gasteiger partial charge in [0.1, 0.15) is 17.7 Å². The molecule has 1 aliphatic heterocycles. The van der Waals surface area contributed by atoms with E-state index in [4.69, 9.17) is 9.47 Å². The minimum absolute atomic E-state index is 0.0914. The predicted molar refractivity (Wildman–Crippen MR) is 163 cm³/mol. The van der Waals surface area contributed by atoms with Crippen molar-refractivity contribution in [3.8, 4) is 22.8 Å². The van der Waals surface area contributed by atoms with Crippen LogP contribution in [-0.2, 0) is 11.2 Å². The number of piperidine rings is 1. The fourth-order valence-corrected chi connectivity index (χ4v) is 5.08. The number of pyridine rings is 1. The smallest absolute Gasteiger partial charge is 0.309 e. The van der Waals surface area contributed by atoms with E-state index in [1.165, 1.54) is 24.4 Å². The maximum absolute atomic E-state index is 14.9. The van der Waals surface area contributed by atoms with Gasteiger partial charge in [-0.25, -0.2) is 18.7 Å². The molecule has 4 aromatic rings. The van der Waals surface area contributed by atoms with E-state index in [2.05, 4.69) is 25.2 Å². The van der Waals surface area contributed by atoms with Crippen LogP contribution in [-0.4, -0.2) is 51.8 Å². The molecule has 3 heterocycles. The summed E-state index contributed by atoms with van der Waals surface area (Å²) in [4.78, 5) is 26.9. The normalized spacial score (nSPS) is 15.1. The van der Waals surface area contributed by atoms with Crippen molar-refractivity contribution in [3.05, 3.63) is 84.2 Å². The second-order valence-corrected chi connectivity index (χ2v) is 11.3. The Morgan fingerprint density at radius 2 is 1.84 bits per heavy atom. The van der Waals surface area contributed by atoms with Gasteiger partial charge in [0.05, 0.1) is 36.7 Å². The molecule has 2 aromatic carbocycles. The van der Waals surface area contributed by atoms with E-state index >= 15 is 0 Å². The van der Waals surface area contributed by atoms with Gasteiger partial charge >= 0.3 is 5.97 Å². The Morgan fingerprint density at radius 3 is 2.61 bits per heavy atom. The van der Waals surface area contributed by atoms with E-state index in [0.29, 0.717) is 36.0 Å². The van der Waals surface area contributed by atoms with Crippen LogP contribution in [0.15, 0.2) is 67.0 Å². The largest absolute Gasteiger partial charge is 0.490 e. The Bertz CT molecular complexity index is 1630. The summed E-state index contributed by atoms with van der Waals surface area (Å²) in [6.45, 7) is 7.00. The Kier molecular flexibility index (Phi) is 9.22. The first-order valence-electron chi connectivity index (χ1n) is 14.5. The summed E-state index contributed by atoms with van der Waals surface area (Å²) < 4.78 is 41.8. The quantitative estimate of drug-likeness (QED) is 0.194. The van der Waals surface area contributed by atoms with Crippen LogP contribution >= 0.6 is 0 Å². The molecular formula is C33H35F2N5O4. The van der Waals surface area contributed by atoms with Crippen molar-refractivity contribution in [3.63, 3.8) is 0 Å².